The summed E-state index contributed by atoms with van der Waals surface area (Å²) in [6.45, 7) is 8.20. The molecular formula is C28H42N4O5S. The molecule has 0 aromatic carbocycles. The van der Waals surface area contributed by atoms with Gasteiger partial charge in [0.05, 0.1) is 36.4 Å². The van der Waals surface area contributed by atoms with E-state index in [1.165, 1.54) is 43.4 Å². The third kappa shape index (κ3) is 5.49. The molecule has 2 aliphatic carbocycles. The van der Waals surface area contributed by atoms with Crippen LogP contribution in [0.3, 0.4) is 0 Å². The third-order valence-electron chi connectivity index (χ3n) is 9.44. The van der Waals surface area contributed by atoms with E-state index in [4.69, 9.17) is 4.74 Å². The Balaban J connectivity index is 1.24. The van der Waals surface area contributed by atoms with Crippen LogP contribution in [-0.2, 0) is 14.3 Å². The quantitative estimate of drug-likeness (QED) is 0.492. The SMILES string of the molecule is C[C@@H](OCC1CCCCC1)[C@@H](CO)NC(=O)[C@@H]1CN(C(=O)c2cncs2)CC12CN(C(=O)[C@H]1CC1(C)C)C2. The number of aromatic nitrogens is 1. The minimum atomic E-state index is -0.528. The molecule has 4 fully saturated rings. The molecule has 4 atom stereocenters. The summed E-state index contributed by atoms with van der Waals surface area (Å²) in [7, 11) is 0. The summed E-state index contributed by atoms with van der Waals surface area (Å²) >= 11 is 1.29. The number of carbonyl (C=O) groups excluding carboxylic acids is 3. The van der Waals surface area contributed by atoms with Crippen molar-refractivity contribution in [3.8, 4) is 0 Å². The third-order valence-corrected chi connectivity index (χ3v) is 10.2. The predicted octanol–water partition coefficient (Wildman–Crippen LogP) is 2.55. The van der Waals surface area contributed by atoms with E-state index in [1.807, 2.05) is 11.8 Å². The van der Waals surface area contributed by atoms with Crippen molar-refractivity contribution in [2.75, 3.05) is 39.4 Å². The molecule has 0 unspecified atom stereocenters. The normalized spacial score (nSPS) is 27.6. The van der Waals surface area contributed by atoms with Gasteiger partial charge in [-0.05, 0) is 37.5 Å². The van der Waals surface area contributed by atoms with E-state index in [2.05, 4.69) is 24.1 Å². The highest BCUT2D eigenvalue weighted by molar-refractivity contribution is 7.11. The Morgan fingerprint density at radius 3 is 2.45 bits per heavy atom. The van der Waals surface area contributed by atoms with E-state index >= 15 is 0 Å². The number of aliphatic hydroxyl groups is 1. The van der Waals surface area contributed by atoms with Gasteiger partial charge in [0.2, 0.25) is 11.8 Å². The molecular weight excluding hydrogens is 504 g/mol. The van der Waals surface area contributed by atoms with Crippen LogP contribution in [0.2, 0.25) is 0 Å². The van der Waals surface area contributed by atoms with Crippen molar-refractivity contribution in [3.05, 3.63) is 16.6 Å². The smallest absolute Gasteiger partial charge is 0.265 e. The van der Waals surface area contributed by atoms with Gasteiger partial charge >= 0.3 is 0 Å². The number of likely N-dealkylation sites (tertiary alicyclic amines) is 2. The summed E-state index contributed by atoms with van der Waals surface area (Å²) in [4.78, 5) is 48.1. The molecule has 38 heavy (non-hydrogen) atoms. The molecule has 3 heterocycles. The van der Waals surface area contributed by atoms with Crippen molar-refractivity contribution in [2.45, 2.75) is 71.4 Å². The predicted molar refractivity (Wildman–Crippen MR) is 143 cm³/mol. The second-order valence-corrected chi connectivity index (χ2v) is 13.6. The fourth-order valence-corrected chi connectivity index (χ4v) is 7.20. The Labute approximate surface area is 229 Å². The van der Waals surface area contributed by atoms with Crippen molar-refractivity contribution in [3.63, 3.8) is 0 Å². The van der Waals surface area contributed by atoms with Gasteiger partial charge < -0.3 is 25.0 Å². The highest BCUT2D eigenvalue weighted by Gasteiger charge is 2.62. The minimum Gasteiger partial charge on any atom is -0.394 e. The number of carbonyl (C=O) groups is 3. The Hall–Kier alpha value is -2.04. The number of hydrogen-bond acceptors (Lipinski definition) is 7. The molecule has 10 heteroatoms. The molecule has 2 saturated heterocycles. The van der Waals surface area contributed by atoms with Gasteiger partial charge in [-0.25, -0.2) is 0 Å². The maximum Gasteiger partial charge on any atom is 0.265 e. The molecule has 210 valence electrons. The summed E-state index contributed by atoms with van der Waals surface area (Å²) in [5.41, 5.74) is 1.19. The molecule has 1 aromatic rings. The van der Waals surface area contributed by atoms with Crippen LogP contribution in [-0.4, -0.2) is 89.2 Å². The largest absolute Gasteiger partial charge is 0.394 e. The van der Waals surface area contributed by atoms with E-state index in [1.54, 1.807) is 16.6 Å². The highest BCUT2D eigenvalue weighted by Crippen LogP contribution is 2.54. The number of rotatable bonds is 9. The Bertz CT molecular complexity index is 1020. The van der Waals surface area contributed by atoms with Gasteiger partial charge in [0.1, 0.15) is 4.88 Å². The Kier molecular flexibility index (Phi) is 7.86. The first kappa shape index (κ1) is 27.5. The number of nitrogens with one attached hydrogen (secondary N) is 1. The van der Waals surface area contributed by atoms with E-state index in [-0.39, 0.29) is 48.3 Å². The van der Waals surface area contributed by atoms with Crippen molar-refractivity contribution in [1.82, 2.24) is 20.1 Å². The zero-order valence-electron chi connectivity index (χ0n) is 22.9. The van der Waals surface area contributed by atoms with Crippen molar-refractivity contribution in [1.29, 1.82) is 0 Å². The van der Waals surface area contributed by atoms with Gasteiger partial charge in [-0.15, -0.1) is 11.3 Å². The molecule has 2 aliphatic heterocycles. The second kappa shape index (κ2) is 10.8. The molecule has 3 amide bonds. The number of ether oxygens (including phenoxy) is 1. The lowest BCUT2D eigenvalue weighted by Crippen LogP contribution is -2.65. The summed E-state index contributed by atoms with van der Waals surface area (Å²) in [6.07, 6.45) is 8.23. The number of hydrogen-bond donors (Lipinski definition) is 2. The average Bonchev–Trinajstić information content (AvgIpc) is 3.28. The van der Waals surface area contributed by atoms with Crippen LogP contribution in [0, 0.1) is 28.6 Å². The van der Waals surface area contributed by atoms with Gasteiger partial charge in [-0.1, -0.05) is 33.1 Å². The molecule has 1 aromatic heterocycles. The summed E-state index contributed by atoms with van der Waals surface area (Å²) in [5, 5.41) is 13.1. The molecule has 4 aliphatic rings. The van der Waals surface area contributed by atoms with Crippen LogP contribution in [0.15, 0.2) is 11.7 Å². The van der Waals surface area contributed by atoms with Gasteiger partial charge in [0.25, 0.3) is 5.91 Å². The summed E-state index contributed by atoms with van der Waals surface area (Å²) < 4.78 is 6.10. The Morgan fingerprint density at radius 1 is 1.16 bits per heavy atom. The van der Waals surface area contributed by atoms with Crippen LogP contribution in [0.1, 0.15) is 69.0 Å². The van der Waals surface area contributed by atoms with Crippen molar-refractivity contribution < 1.29 is 24.2 Å². The molecule has 0 radical (unpaired) electrons. The number of aliphatic hydroxyl groups excluding tert-OH is 1. The lowest BCUT2D eigenvalue weighted by Gasteiger charge is -2.50. The second-order valence-electron chi connectivity index (χ2n) is 12.7. The first-order valence-electron chi connectivity index (χ1n) is 14.1. The van der Waals surface area contributed by atoms with Gasteiger partial charge in [-0.3, -0.25) is 19.4 Å². The van der Waals surface area contributed by atoms with E-state index in [0.29, 0.717) is 37.0 Å². The standard InChI is InChI=1S/C28H42N4O5S/c1-18(37-13-19-7-5-4-6-8-19)22(12-33)30-24(34)21-11-31(26(36)23-10-29-17-38-23)14-28(21)15-32(16-28)25(35)20-9-27(20,2)3/h10,17-22,33H,4-9,11-16H2,1-3H3,(H,30,34)/t18-,20-,21+,22-/m1/s1. The Morgan fingerprint density at radius 2 is 1.84 bits per heavy atom. The molecule has 9 nitrogen and oxygen atoms in total. The fourth-order valence-electron chi connectivity index (χ4n) is 6.61. The number of amides is 3. The minimum absolute atomic E-state index is 0.0442. The number of thiazole rings is 1. The molecule has 2 saturated carbocycles. The monoisotopic (exact) mass is 546 g/mol. The first-order chi connectivity index (χ1) is 18.1. The van der Waals surface area contributed by atoms with Gasteiger partial charge in [0.15, 0.2) is 0 Å². The van der Waals surface area contributed by atoms with Crippen LogP contribution >= 0.6 is 11.3 Å². The summed E-state index contributed by atoms with van der Waals surface area (Å²) in [5.74, 6) is -0.0287. The maximum absolute atomic E-state index is 13.7. The van der Waals surface area contributed by atoms with Crippen LogP contribution in [0.25, 0.3) is 0 Å². The van der Waals surface area contributed by atoms with Gasteiger partial charge in [0, 0.05) is 44.1 Å². The maximum atomic E-state index is 13.7. The zero-order chi connectivity index (χ0) is 27.1. The van der Waals surface area contributed by atoms with E-state index in [0.717, 1.165) is 6.42 Å². The molecule has 1 spiro atoms. The first-order valence-corrected chi connectivity index (χ1v) is 15.0. The topological polar surface area (TPSA) is 112 Å². The lowest BCUT2D eigenvalue weighted by atomic mass is 9.70. The molecule has 5 rings (SSSR count). The molecule has 0 bridgehead atoms. The lowest BCUT2D eigenvalue weighted by molar-refractivity contribution is -0.152. The summed E-state index contributed by atoms with van der Waals surface area (Å²) in [6, 6.07) is -0.528. The van der Waals surface area contributed by atoms with Crippen LogP contribution in [0.4, 0.5) is 0 Å². The van der Waals surface area contributed by atoms with Crippen molar-refractivity contribution in [2.24, 2.45) is 28.6 Å². The number of nitrogens with zero attached hydrogens (tertiary/aromatic N) is 3. The van der Waals surface area contributed by atoms with Crippen molar-refractivity contribution >= 4 is 29.1 Å². The van der Waals surface area contributed by atoms with Crippen LogP contribution in [0.5, 0.6) is 0 Å². The molecule has 2 N–H and O–H groups in total. The van der Waals surface area contributed by atoms with E-state index in [9.17, 15) is 19.5 Å². The van der Waals surface area contributed by atoms with Crippen LogP contribution < -0.4 is 5.32 Å². The average molecular weight is 547 g/mol. The van der Waals surface area contributed by atoms with E-state index < -0.39 is 17.4 Å². The zero-order valence-corrected chi connectivity index (χ0v) is 23.7. The fraction of sp³-hybridized carbons (Fsp3) is 0.786. The van der Waals surface area contributed by atoms with Gasteiger partial charge in [-0.2, -0.15) is 0 Å². The highest BCUT2D eigenvalue weighted by atomic mass is 32.1.